The van der Waals surface area contributed by atoms with Crippen LogP contribution in [0.5, 0.6) is 0 Å². The number of hydrogen-bond donors (Lipinski definition) is 2. The molecule has 6 heteroatoms. The molecule has 102 valence electrons. The van der Waals surface area contributed by atoms with Crippen LogP contribution in [0.2, 0.25) is 0 Å². The number of halogens is 3. The molecule has 0 aliphatic carbocycles. The first-order valence-corrected chi connectivity index (χ1v) is 6.04. The predicted molar refractivity (Wildman–Crippen MR) is 59.2 cm³/mol. The van der Waals surface area contributed by atoms with E-state index in [0.29, 0.717) is 13.0 Å². The van der Waals surface area contributed by atoms with E-state index < -0.39 is 18.2 Å². The lowest BCUT2D eigenvalue weighted by molar-refractivity contribution is -0.138. The third-order valence-corrected chi connectivity index (χ3v) is 3.39. The standard InChI is InChI=1S/C11H21F3N2O/c1-10(6-2-3-8-17-10)9(16-15)5-4-7-11(12,13)14/h9,16H,2-8,15H2,1H3. The van der Waals surface area contributed by atoms with Gasteiger partial charge in [0.25, 0.3) is 0 Å². The van der Waals surface area contributed by atoms with Crippen LogP contribution in [-0.2, 0) is 4.74 Å². The Hall–Kier alpha value is -0.330. The van der Waals surface area contributed by atoms with Crippen LogP contribution in [0, 0.1) is 0 Å². The van der Waals surface area contributed by atoms with Crippen molar-refractivity contribution in [2.75, 3.05) is 6.61 Å². The van der Waals surface area contributed by atoms with Gasteiger partial charge in [0.1, 0.15) is 0 Å². The molecular weight excluding hydrogens is 233 g/mol. The van der Waals surface area contributed by atoms with Gasteiger partial charge in [-0.15, -0.1) is 0 Å². The van der Waals surface area contributed by atoms with Crippen LogP contribution in [0.1, 0.15) is 45.4 Å². The van der Waals surface area contributed by atoms with Gasteiger partial charge in [0.05, 0.1) is 5.60 Å². The Morgan fingerprint density at radius 3 is 2.59 bits per heavy atom. The van der Waals surface area contributed by atoms with E-state index in [1.807, 2.05) is 6.92 Å². The molecule has 3 N–H and O–H groups in total. The Balaban J connectivity index is 2.41. The number of nitrogens with two attached hydrogens (primary N) is 1. The van der Waals surface area contributed by atoms with Gasteiger partial charge in [-0.05, 0) is 39.0 Å². The van der Waals surface area contributed by atoms with E-state index in [4.69, 9.17) is 10.6 Å². The first kappa shape index (κ1) is 14.7. The van der Waals surface area contributed by atoms with Gasteiger partial charge in [-0.2, -0.15) is 13.2 Å². The Kier molecular flexibility index (Phi) is 5.22. The van der Waals surface area contributed by atoms with E-state index in [1.54, 1.807) is 0 Å². The van der Waals surface area contributed by atoms with Crippen LogP contribution in [0.4, 0.5) is 13.2 Å². The Morgan fingerprint density at radius 2 is 2.12 bits per heavy atom. The molecule has 3 nitrogen and oxygen atoms in total. The van der Waals surface area contributed by atoms with Gasteiger partial charge in [-0.1, -0.05) is 0 Å². The van der Waals surface area contributed by atoms with Crippen molar-refractivity contribution >= 4 is 0 Å². The molecule has 0 amide bonds. The van der Waals surface area contributed by atoms with Crippen molar-refractivity contribution in [2.24, 2.45) is 5.84 Å². The first-order valence-electron chi connectivity index (χ1n) is 6.04. The summed E-state index contributed by atoms with van der Waals surface area (Å²) in [7, 11) is 0. The number of rotatable bonds is 5. The smallest absolute Gasteiger partial charge is 0.374 e. The second-order valence-corrected chi connectivity index (χ2v) is 4.84. The van der Waals surface area contributed by atoms with Crippen LogP contribution in [-0.4, -0.2) is 24.4 Å². The van der Waals surface area contributed by atoms with Crippen molar-refractivity contribution in [1.82, 2.24) is 5.43 Å². The third-order valence-electron chi connectivity index (χ3n) is 3.39. The van der Waals surface area contributed by atoms with Gasteiger partial charge in [0.15, 0.2) is 0 Å². The first-order chi connectivity index (χ1) is 7.87. The van der Waals surface area contributed by atoms with Crippen molar-refractivity contribution in [1.29, 1.82) is 0 Å². The third kappa shape index (κ3) is 4.81. The van der Waals surface area contributed by atoms with E-state index in [-0.39, 0.29) is 12.5 Å². The number of nitrogens with one attached hydrogen (secondary N) is 1. The second-order valence-electron chi connectivity index (χ2n) is 4.84. The van der Waals surface area contributed by atoms with Gasteiger partial charge < -0.3 is 4.74 Å². The lowest BCUT2D eigenvalue weighted by atomic mass is 9.86. The fraction of sp³-hybridized carbons (Fsp3) is 1.00. The normalized spacial score (nSPS) is 28.1. The molecule has 1 saturated heterocycles. The highest BCUT2D eigenvalue weighted by Crippen LogP contribution is 2.31. The van der Waals surface area contributed by atoms with E-state index in [9.17, 15) is 13.2 Å². The van der Waals surface area contributed by atoms with Gasteiger partial charge in [0, 0.05) is 19.1 Å². The zero-order chi connectivity index (χ0) is 12.9. The van der Waals surface area contributed by atoms with Crippen LogP contribution in [0.25, 0.3) is 0 Å². The molecule has 2 unspecified atom stereocenters. The zero-order valence-electron chi connectivity index (χ0n) is 10.1. The lowest BCUT2D eigenvalue weighted by Gasteiger charge is -2.40. The molecule has 0 aromatic rings. The zero-order valence-corrected chi connectivity index (χ0v) is 10.1. The van der Waals surface area contributed by atoms with Gasteiger partial charge >= 0.3 is 6.18 Å². The highest BCUT2D eigenvalue weighted by atomic mass is 19.4. The molecule has 1 fully saturated rings. The Bertz CT molecular complexity index is 227. The minimum Gasteiger partial charge on any atom is -0.374 e. The highest BCUT2D eigenvalue weighted by Gasteiger charge is 2.36. The fourth-order valence-corrected chi connectivity index (χ4v) is 2.30. The maximum absolute atomic E-state index is 12.1. The van der Waals surface area contributed by atoms with Gasteiger partial charge in [-0.25, -0.2) is 0 Å². The second kappa shape index (κ2) is 6.02. The summed E-state index contributed by atoms with van der Waals surface area (Å²) in [5.74, 6) is 5.43. The quantitative estimate of drug-likeness (QED) is 0.585. The number of hydrogen-bond acceptors (Lipinski definition) is 3. The van der Waals surface area contributed by atoms with E-state index in [0.717, 1.165) is 19.3 Å². The molecule has 0 bridgehead atoms. The van der Waals surface area contributed by atoms with Crippen molar-refractivity contribution < 1.29 is 17.9 Å². The minimum atomic E-state index is -4.09. The molecule has 2 atom stereocenters. The molecule has 1 heterocycles. The summed E-state index contributed by atoms with van der Waals surface area (Å²) in [5.41, 5.74) is 2.17. The largest absolute Gasteiger partial charge is 0.389 e. The van der Waals surface area contributed by atoms with Crippen LogP contribution in [0.3, 0.4) is 0 Å². The molecule has 17 heavy (non-hydrogen) atoms. The highest BCUT2D eigenvalue weighted by molar-refractivity contribution is 4.90. The number of hydrazine groups is 1. The summed E-state index contributed by atoms with van der Waals surface area (Å²) in [5, 5.41) is 0. The lowest BCUT2D eigenvalue weighted by Crippen LogP contribution is -2.54. The fourth-order valence-electron chi connectivity index (χ4n) is 2.30. The summed E-state index contributed by atoms with van der Waals surface area (Å²) in [6.07, 6.45) is -1.50. The van der Waals surface area contributed by atoms with Gasteiger partial charge in [0.2, 0.25) is 0 Å². The summed E-state index contributed by atoms with van der Waals surface area (Å²) in [6, 6.07) is -0.217. The molecule has 1 aliphatic rings. The van der Waals surface area contributed by atoms with Crippen LogP contribution < -0.4 is 11.3 Å². The molecule has 1 aliphatic heterocycles. The molecular formula is C11H21F3N2O. The summed E-state index contributed by atoms with van der Waals surface area (Å²) >= 11 is 0. The summed E-state index contributed by atoms with van der Waals surface area (Å²) < 4.78 is 41.9. The molecule has 0 aromatic carbocycles. The van der Waals surface area contributed by atoms with Crippen molar-refractivity contribution in [3.8, 4) is 0 Å². The van der Waals surface area contributed by atoms with Crippen molar-refractivity contribution in [2.45, 2.75) is 63.3 Å². The summed E-state index contributed by atoms with van der Waals surface area (Å²) in [6.45, 7) is 2.58. The maximum atomic E-state index is 12.1. The van der Waals surface area contributed by atoms with Gasteiger partial charge in [-0.3, -0.25) is 11.3 Å². The Labute approximate surface area is 99.9 Å². The predicted octanol–water partition coefficient (Wildman–Crippen LogP) is 2.51. The van der Waals surface area contributed by atoms with E-state index >= 15 is 0 Å². The molecule has 0 spiro atoms. The molecule has 1 rings (SSSR count). The van der Waals surface area contributed by atoms with Crippen molar-refractivity contribution in [3.63, 3.8) is 0 Å². The van der Waals surface area contributed by atoms with Crippen molar-refractivity contribution in [3.05, 3.63) is 0 Å². The van der Waals surface area contributed by atoms with E-state index in [2.05, 4.69) is 5.43 Å². The maximum Gasteiger partial charge on any atom is 0.389 e. The topological polar surface area (TPSA) is 47.3 Å². The number of alkyl halides is 3. The average molecular weight is 254 g/mol. The Morgan fingerprint density at radius 1 is 1.41 bits per heavy atom. The average Bonchev–Trinajstić information content (AvgIpc) is 2.23. The molecule has 0 saturated carbocycles. The molecule has 0 radical (unpaired) electrons. The molecule has 0 aromatic heterocycles. The minimum absolute atomic E-state index is 0.0807. The van der Waals surface area contributed by atoms with E-state index in [1.165, 1.54) is 0 Å². The number of ether oxygens (including phenoxy) is 1. The SMILES string of the molecule is CC1(C(CCCC(F)(F)F)NN)CCCCO1. The van der Waals surface area contributed by atoms with Crippen LogP contribution >= 0.6 is 0 Å². The van der Waals surface area contributed by atoms with Crippen LogP contribution in [0.15, 0.2) is 0 Å². The monoisotopic (exact) mass is 254 g/mol. The summed E-state index contributed by atoms with van der Waals surface area (Å²) in [4.78, 5) is 0.